The first-order valence-electron chi connectivity index (χ1n) is 25.2. The van der Waals surface area contributed by atoms with Gasteiger partial charge >= 0.3 is 19.8 Å². The Kier molecular flexibility index (Phi) is 47.6. The van der Waals surface area contributed by atoms with Crippen LogP contribution in [0.2, 0.25) is 0 Å². The number of phosphoric ester groups is 1. The molecule has 0 aliphatic heterocycles. The summed E-state index contributed by atoms with van der Waals surface area (Å²) in [6.07, 6.45) is 70.8. The molecular weight excluding hydrogens is 846 g/mol. The van der Waals surface area contributed by atoms with Crippen molar-refractivity contribution < 1.29 is 37.6 Å². The van der Waals surface area contributed by atoms with Crippen LogP contribution < -0.4 is 5.73 Å². The number of ether oxygens (including phenoxy) is 2. The van der Waals surface area contributed by atoms with Crippen LogP contribution in [0.1, 0.15) is 174 Å². The van der Waals surface area contributed by atoms with Crippen molar-refractivity contribution in [1.29, 1.82) is 0 Å². The Hall–Kier alpha value is -3.85. The van der Waals surface area contributed by atoms with Crippen LogP contribution in [0.5, 0.6) is 0 Å². The van der Waals surface area contributed by atoms with Gasteiger partial charge in [0.05, 0.1) is 13.2 Å². The molecule has 0 saturated heterocycles. The van der Waals surface area contributed by atoms with Gasteiger partial charge in [0.2, 0.25) is 0 Å². The highest BCUT2D eigenvalue weighted by Crippen LogP contribution is 2.43. The lowest BCUT2D eigenvalue weighted by Crippen LogP contribution is -2.29. The van der Waals surface area contributed by atoms with Crippen molar-refractivity contribution in [2.75, 3.05) is 26.4 Å². The number of rotatable bonds is 45. The first-order valence-corrected chi connectivity index (χ1v) is 26.7. The molecule has 0 aliphatic rings. The van der Waals surface area contributed by atoms with Crippen molar-refractivity contribution in [1.82, 2.24) is 0 Å². The summed E-state index contributed by atoms with van der Waals surface area (Å²) in [4.78, 5) is 34.9. The predicted molar refractivity (Wildman–Crippen MR) is 279 cm³/mol. The molecular formula is C56H90NO8P. The van der Waals surface area contributed by atoms with Gasteiger partial charge in [-0.2, -0.15) is 0 Å². The largest absolute Gasteiger partial charge is 0.472 e. The third-order valence-corrected chi connectivity index (χ3v) is 10.7. The molecule has 0 rings (SSSR count). The maximum Gasteiger partial charge on any atom is 0.472 e. The zero-order valence-corrected chi connectivity index (χ0v) is 42.0. The average Bonchev–Trinajstić information content (AvgIpc) is 3.31. The van der Waals surface area contributed by atoms with Gasteiger partial charge in [-0.25, -0.2) is 4.57 Å². The molecule has 2 unspecified atom stereocenters. The molecule has 0 saturated carbocycles. The van der Waals surface area contributed by atoms with E-state index in [9.17, 15) is 19.0 Å². The maximum atomic E-state index is 12.6. The number of nitrogens with two attached hydrogens (primary N) is 1. The number of hydrogen-bond donors (Lipinski definition) is 2. The molecule has 2 atom stereocenters. The number of phosphoric acid groups is 1. The second kappa shape index (κ2) is 50.6. The van der Waals surface area contributed by atoms with Gasteiger partial charge in [0.25, 0.3) is 0 Å². The summed E-state index contributed by atoms with van der Waals surface area (Å²) in [6.45, 7) is 3.48. The Morgan fingerprint density at radius 1 is 0.470 bits per heavy atom. The highest BCUT2D eigenvalue weighted by molar-refractivity contribution is 7.47. The molecule has 66 heavy (non-hydrogen) atoms. The monoisotopic (exact) mass is 936 g/mol. The molecule has 0 aromatic rings. The molecule has 0 spiro atoms. The second-order valence-corrected chi connectivity index (χ2v) is 17.4. The number of esters is 2. The van der Waals surface area contributed by atoms with E-state index in [1.807, 2.05) is 0 Å². The average molecular weight is 936 g/mol. The summed E-state index contributed by atoms with van der Waals surface area (Å²) in [5.74, 6) is -0.884. The summed E-state index contributed by atoms with van der Waals surface area (Å²) < 4.78 is 32.7. The van der Waals surface area contributed by atoms with Crippen LogP contribution in [-0.2, 0) is 32.7 Å². The van der Waals surface area contributed by atoms with Gasteiger partial charge in [0.1, 0.15) is 6.61 Å². The van der Waals surface area contributed by atoms with E-state index < -0.39 is 32.5 Å². The Balaban J connectivity index is 4.09. The van der Waals surface area contributed by atoms with Crippen molar-refractivity contribution in [3.05, 3.63) is 134 Å². The van der Waals surface area contributed by atoms with Gasteiger partial charge in [0, 0.05) is 19.4 Å². The fourth-order valence-electron chi connectivity index (χ4n) is 6.07. The van der Waals surface area contributed by atoms with E-state index in [1.165, 1.54) is 6.42 Å². The molecule has 0 aromatic heterocycles. The number of carbonyl (C=O) groups is 2. The minimum Gasteiger partial charge on any atom is -0.462 e. The van der Waals surface area contributed by atoms with Crippen molar-refractivity contribution in [3.63, 3.8) is 0 Å². The van der Waals surface area contributed by atoms with Gasteiger partial charge < -0.3 is 20.1 Å². The minimum atomic E-state index is -4.40. The third-order valence-electron chi connectivity index (χ3n) is 9.75. The van der Waals surface area contributed by atoms with Crippen molar-refractivity contribution in [3.8, 4) is 0 Å². The minimum absolute atomic E-state index is 0.0405. The summed E-state index contributed by atoms with van der Waals surface area (Å²) in [7, 11) is -4.40. The van der Waals surface area contributed by atoms with Crippen LogP contribution in [-0.4, -0.2) is 49.3 Å². The normalized spacial score (nSPS) is 14.3. The van der Waals surface area contributed by atoms with Crippen LogP contribution >= 0.6 is 7.82 Å². The van der Waals surface area contributed by atoms with E-state index in [2.05, 4.69) is 148 Å². The standard InChI is InChI=1S/C56H90NO8P/c1-3-5-7-9-11-13-15-16-17-18-19-20-21-22-23-24-25-26-27-28-29-30-31-32-33-34-35-36-37-38-39-41-43-45-47-49-56(59)65-54(53-64-66(60,61)63-51-50-57)52-62-55(58)48-46-44-42-40-14-12-10-8-6-4-2/h5,7-8,10-11,13,16-17,19-20,22-23,25-26,28-29,31-32,34-35,37-38,54H,3-4,6,9,12,14-15,18,21,24,27,30,33,36,39-53,57H2,1-2H3,(H,60,61)/b7-5-,10-8-,13-11-,17-16-,20-19-,23-22-,26-25-,29-28-,32-31-,35-34-,38-37-. The Bertz CT molecular complexity index is 1530. The Labute approximate surface area is 402 Å². The summed E-state index contributed by atoms with van der Waals surface area (Å²) >= 11 is 0. The molecule has 0 aliphatic carbocycles. The van der Waals surface area contributed by atoms with Crippen molar-refractivity contribution in [2.24, 2.45) is 5.73 Å². The first-order chi connectivity index (χ1) is 32.3. The molecule has 372 valence electrons. The summed E-state index contributed by atoms with van der Waals surface area (Å²) in [5, 5.41) is 0. The van der Waals surface area contributed by atoms with E-state index >= 15 is 0 Å². The molecule has 0 fully saturated rings. The van der Waals surface area contributed by atoms with Gasteiger partial charge in [0.15, 0.2) is 6.10 Å². The number of carbonyl (C=O) groups excluding carboxylic acids is 2. The quantitative estimate of drug-likeness (QED) is 0.0265. The van der Waals surface area contributed by atoms with Crippen molar-refractivity contribution in [2.45, 2.75) is 180 Å². The lowest BCUT2D eigenvalue weighted by molar-refractivity contribution is -0.161. The van der Waals surface area contributed by atoms with Gasteiger partial charge in [-0.05, 0) is 109 Å². The molecule has 0 heterocycles. The molecule has 9 nitrogen and oxygen atoms in total. The second-order valence-electron chi connectivity index (χ2n) is 15.9. The van der Waals surface area contributed by atoms with E-state index in [4.69, 9.17) is 24.3 Å². The molecule has 10 heteroatoms. The van der Waals surface area contributed by atoms with Crippen LogP contribution in [0.4, 0.5) is 0 Å². The van der Waals surface area contributed by atoms with Crippen LogP contribution in [0.25, 0.3) is 0 Å². The topological polar surface area (TPSA) is 134 Å². The predicted octanol–water partition coefficient (Wildman–Crippen LogP) is 15.4. The van der Waals surface area contributed by atoms with Crippen LogP contribution in [0, 0.1) is 0 Å². The van der Waals surface area contributed by atoms with E-state index in [0.717, 1.165) is 128 Å². The molecule has 0 aromatic carbocycles. The number of unbranched alkanes of at least 4 members (excludes halogenated alkanes) is 10. The first kappa shape index (κ1) is 62.1. The smallest absolute Gasteiger partial charge is 0.462 e. The zero-order chi connectivity index (χ0) is 48.1. The van der Waals surface area contributed by atoms with Gasteiger partial charge in [-0.15, -0.1) is 0 Å². The van der Waals surface area contributed by atoms with E-state index in [-0.39, 0.29) is 32.6 Å². The summed E-state index contributed by atoms with van der Waals surface area (Å²) in [6, 6.07) is 0. The fraction of sp³-hybridized carbons (Fsp3) is 0.571. The van der Waals surface area contributed by atoms with Crippen LogP contribution in [0.3, 0.4) is 0 Å². The highest BCUT2D eigenvalue weighted by Gasteiger charge is 2.26. The summed E-state index contributed by atoms with van der Waals surface area (Å²) in [5.41, 5.74) is 5.35. The van der Waals surface area contributed by atoms with Gasteiger partial charge in [-0.3, -0.25) is 18.6 Å². The molecule has 3 N–H and O–H groups in total. The Morgan fingerprint density at radius 3 is 1.26 bits per heavy atom. The van der Waals surface area contributed by atoms with Gasteiger partial charge in [-0.1, -0.05) is 186 Å². The van der Waals surface area contributed by atoms with E-state index in [1.54, 1.807) is 0 Å². The molecule has 0 bridgehead atoms. The Morgan fingerprint density at radius 2 is 0.833 bits per heavy atom. The van der Waals surface area contributed by atoms with Crippen LogP contribution in [0.15, 0.2) is 134 Å². The van der Waals surface area contributed by atoms with Crippen molar-refractivity contribution >= 4 is 19.8 Å². The highest BCUT2D eigenvalue weighted by atomic mass is 31.2. The molecule has 0 amide bonds. The number of hydrogen-bond acceptors (Lipinski definition) is 8. The number of allylic oxidation sites excluding steroid dienone is 22. The third kappa shape index (κ3) is 49.6. The zero-order valence-electron chi connectivity index (χ0n) is 41.1. The molecule has 0 radical (unpaired) electrons. The SMILES string of the molecule is CC/C=C\C/C=C\C/C=C\C/C=C\C/C=C\C/C=C\C/C=C\C/C=C\C/C=C\C/C=C\CCCCCCC(=O)OC(COC(=O)CCCCCCC/C=C\CCC)COP(=O)(O)OCCN. The maximum absolute atomic E-state index is 12.6. The van der Waals surface area contributed by atoms with E-state index in [0.29, 0.717) is 12.8 Å². The lowest BCUT2D eigenvalue weighted by Gasteiger charge is -2.19. The fourth-order valence-corrected chi connectivity index (χ4v) is 6.84. The lowest BCUT2D eigenvalue weighted by atomic mass is 10.1.